The van der Waals surface area contributed by atoms with Crippen molar-refractivity contribution in [3.63, 3.8) is 0 Å². The van der Waals surface area contributed by atoms with E-state index in [9.17, 15) is 38.4 Å². The first-order chi connectivity index (χ1) is 30.3. The van der Waals surface area contributed by atoms with Crippen LogP contribution in [0.25, 0.3) is 0 Å². The van der Waals surface area contributed by atoms with E-state index in [-0.39, 0.29) is 68.7 Å². The molecule has 8 atom stereocenters. The van der Waals surface area contributed by atoms with Crippen LogP contribution >= 0.6 is 0 Å². The number of cyclic esters (lactones) is 3. The van der Waals surface area contributed by atoms with E-state index in [2.05, 4.69) is 0 Å². The molecule has 0 N–H and O–H groups in total. The Hall–Kier alpha value is -5.02. The molecule has 0 unspecified atom stereocenters. The molecule has 2 heterocycles. The van der Waals surface area contributed by atoms with Gasteiger partial charge in [-0.15, -0.1) is 0 Å². The Morgan fingerprint density at radius 3 is 1.45 bits per heavy atom. The summed E-state index contributed by atoms with van der Waals surface area (Å²) in [6.07, 6.45) is -2.50. The molecule has 0 aliphatic carbocycles. The van der Waals surface area contributed by atoms with Gasteiger partial charge in [0.1, 0.15) is 24.2 Å². The highest BCUT2D eigenvalue weighted by molar-refractivity contribution is 5.95. The summed E-state index contributed by atoms with van der Waals surface area (Å²) in [4.78, 5) is 119. The third-order valence-corrected chi connectivity index (χ3v) is 12.0. The number of carbonyl (C=O) groups is 8. The summed E-state index contributed by atoms with van der Waals surface area (Å²) >= 11 is 0. The van der Waals surface area contributed by atoms with Gasteiger partial charge in [0.15, 0.2) is 23.9 Å². The van der Waals surface area contributed by atoms with Crippen LogP contribution in [0.2, 0.25) is 0 Å². The second-order valence-corrected chi connectivity index (χ2v) is 19.8. The fourth-order valence-corrected chi connectivity index (χ4v) is 8.47. The fourth-order valence-electron chi connectivity index (χ4n) is 8.47. The smallest absolute Gasteiger partial charge is 0.329 e. The van der Waals surface area contributed by atoms with Crippen molar-refractivity contribution in [1.29, 1.82) is 0 Å². The number of hydrogen-bond donors (Lipinski definition) is 0. The zero-order chi connectivity index (χ0) is 49.1. The molecule has 364 valence electrons. The number of nitrogens with zero attached hydrogens (tertiary/aromatic N) is 4. The van der Waals surface area contributed by atoms with E-state index in [1.54, 1.807) is 30.3 Å². The average Bonchev–Trinajstić information content (AvgIpc) is 3.40. The number of esters is 4. The molecule has 2 aliphatic heterocycles. The summed E-state index contributed by atoms with van der Waals surface area (Å²) in [5.41, 5.74) is -1.28. The maximum atomic E-state index is 14.9. The largest absolute Gasteiger partial charge is 0.451 e. The lowest BCUT2D eigenvalue weighted by atomic mass is 9.92. The Morgan fingerprint density at radius 1 is 0.554 bits per heavy atom. The molecule has 2 aliphatic rings. The predicted octanol–water partition coefficient (Wildman–Crippen LogP) is 5.37. The van der Waals surface area contributed by atoms with Gasteiger partial charge in [-0.2, -0.15) is 0 Å². The zero-order valence-electron chi connectivity index (χ0n) is 41.3. The first-order valence-corrected chi connectivity index (χ1v) is 23.3. The Labute approximate surface area is 386 Å². The Bertz CT molecular complexity index is 1840. The molecule has 16 heteroatoms. The molecule has 0 aromatic heterocycles. The van der Waals surface area contributed by atoms with Gasteiger partial charge < -0.3 is 38.5 Å². The van der Waals surface area contributed by atoms with Crippen LogP contribution in [0, 0.1) is 23.7 Å². The fraction of sp³-hybridized carbons (Fsp3) is 0.714. The second-order valence-electron chi connectivity index (χ2n) is 19.8. The molecule has 1 aromatic carbocycles. The monoisotopic (exact) mass is 913 g/mol. The Kier molecular flexibility index (Phi) is 20.0. The molecule has 4 amide bonds. The van der Waals surface area contributed by atoms with Crippen LogP contribution in [0.15, 0.2) is 30.3 Å². The number of benzene rings is 1. The summed E-state index contributed by atoms with van der Waals surface area (Å²) in [5.74, 6) is -6.72. The normalized spacial score (nSPS) is 28.1. The summed E-state index contributed by atoms with van der Waals surface area (Å²) < 4.78 is 23.9. The minimum atomic E-state index is -1.93. The molecular formula is C49H76N4O12. The van der Waals surface area contributed by atoms with Crippen molar-refractivity contribution < 1.29 is 57.3 Å². The Balaban J connectivity index is 2.24. The van der Waals surface area contributed by atoms with Crippen molar-refractivity contribution in [3.05, 3.63) is 35.9 Å². The van der Waals surface area contributed by atoms with Crippen molar-refractivity contribution in [3.8, 4) is 0 Å². The number of hydrogen-bond acceptors (Lipinski definition) is 12. The van der Waals surface area contributed by atoms with Gasteiger partial charge in [0.05, 0.1) is 0 Å². The average molecular weight is 913 g/mol. The summed E-state index contributed by atoms with van der Waals surface area (Å²) in [7, 11) is 4.21. The van der Waals surface area contributed by atoms with Crippen LogP contribution in [-0.4, -0.2) is 143 Å². The number of fused-ring (bicyclic) bond motifs is 2. The van der Waals surface area contributed by atoms with Gasteiger partial charge in [0.25, 0.3) is 23.6 Å². The van der Waals surface area contributed by atoms with Crippen LogP contribution in [0.4, 0.5) is 0 Å². The molecule has 65 heavy (non-hydrogen) atoms. The van der Waals surface area contributed by atoms with Crippen LogP contribution in [0.5, 0.6) is 0 Å². The van der Waals surface area contributed by atoms with Crippen LogP contribution in [-0.2, 0) is 63.7 Å². The highest BCUT2D eigenvalue weighted by atomic mass is 16.6. The second kappa shape index (κ2) is 24.0. The van der Waals surface area contributed by atoms with E-state index in [1.165, 1.54) is 51.7 Å². The molecule has 0 saturated carbocycles. The third-order valence-electron chi connectivity index (χ3n) is 12.0. The van der Waals surface area contributed by atoms with E-state index in [0.717, 1.165) is 9.80 Å². The van der Waals surface area contributed by atoms with Crippen LogP contribution < -0.4 is 0 Å². The minimum absolute atomic E-state index is 0.103. The zero-order valence-corrected chi connectivity index (χ0v) is 41.3. The predicted molar refractivity (Wildman–Crippen MR) is 242 cm³/mol. The molecule has 2 saturated heterocycles. The highest BCUT2D eigenvalue weighted by Crippen LogP contribution is 2.28. The quantitative estimate of drug-likeness (QED) is 0.216. The molecule has 1 aromatic rings. The molecule has 0 spiro atoms. The first-order valence-electron chi connectivity index (χ1n) is 23.3. The van der Waals surface area contributed by atoms with Crippen molar-refractivity contribution >= 4 is 47.5 Å². The Morgan fingerprint density at radius 2 is 0.969 bits per heavy atom. The van der Waals surface area contributed by atoms with Gasteiger partial charge in [0, 0.05) is 34.1 Å². The molecule has 0 radical (unpaired) electrons. The number of carbonyl (C=O) groups excluding carboxylic acids is 8. The third kappa shape index (κ3) is 14.7. The van der Waals surface area contributed by atoms with Gasteiger partial charge in [0.2, 0.25) is 0 Å². The SMILES string of the molecule is CC(C)C[C@H]1C(=O)O[C@@H]2CCCCN(C2=O)[C@@H](CC(C)C)C(=O)O[C@H](C)C(=O)N(C)[C@@H](CC(C)C)C(=O)O[C@](C)(Cc2ccccc2)C(=O)N(C)[C@@H](CC(C)C)C(=O)O[C@H](C)C(=O)N1C. The number of ether oxygens (including phenoxy) is 4. The van der Waals surface area contributed by atoms with E-state index >= 15 is 0 Å². The number of rotatable bonds is 10. The summed E-state index contributed by atoms with van der Waals surface area (Å²) in [6.45, 7) is 19.3. The van der Waals surface area contributed by atoms with E-state index < -0.39 is 95.6 Å². The summed E-state index contributed by atoms with van der Waals surface area (Å²) in [6, 6.07) is 4.09. The lowest BCUT2D eigenvalue weighted by Gasteiger charge is -2.38. The van der Waals surface area contributed by atoms with Crippen LogP contribution in [0.1, 0.15) is 127 Å². The standard InChI is InChI=1S/C49H76N4O12/c1-29(2)24-36-45(58)64-40-22-18-19-23-53(43(40)56)39(27-32(7)8)46(59)63-34(10)42(55)51(13)38(26-31(5)6)47(60)65-49(11,28-35-20-16-15-17-21-35)48(61)52(14)37(25-30(3)4)44(57)62-33(9)41(54)50(36)12/h15-17,20-21,29-34,36-40H,18-19,22-28H2,1-14H3/t33-,34-,36+,37+,38+,39+,40-,49-/m1/s1. The number of likely N-dealkylation sites (N-methyl/N-ethyl adjacent to an activating group) is 3. The van der Waals surface area contributed by atoms with Crippen LogP contribution in [0.3, 0.4) is 0 Å². The molecule has 16 nitrogen and oxygen atoms in total. The van der Waals surface area contributed by atoms with Crippen molar-refractivity contribution in [2.75, 3.05) is 27.7 Å². The number of amides is 4. The van der Waals surface area contributed by atoms with Crippen molar-refractivity contribution in [2.24, 2.45) is 23.7 Å². The van der Waals surface area contributed by atoms with Crippen molar-refractivity contribution in [1.82, 2.24) is 19.6 Å². The maximum Gasteiger partial charge on any atom is 0.329 e. The molecule has 2 fully saturated rings. The highest BCUT2D eigenvalue weighted by Gasteiger charge is 2.47. The molecule has 3 rings (SSSR count). The minimum Gasteiger partial charge on any atom is -0.451 e. The molecule has 2 bridgehead atoms. The lowest BCUT2D eigenvalue weighted by Crippen LogP contribution is -2.58. The van der Waals surface area contributed by atoms with E-state index in [4.69, 9.17) is 18.9 Å². The molecular weight excluding hydrogens is 837 g/mol. The summed E-state index contributed by atoms with van der Waals surface area (Å²) in [5, 5.41) is 0. The maximum absolute atomic E-state index is 14.9. The van der Waals surface area contributed by atoms with Gasteiger partial charge in [-0.3, -0.25) is 19.2 Å². The van der Waals surface area contributed by atoms with Gasteiger partial charge in [-0.1, -0.05) is 85.7 Å². The van der Waals surface area contributed by atoms with E-state index in [0.29, 0.717) is 18.4 Å². The van der Waals surface area contributed by atoms with Crippen molar-refractivity contribution in [2.45, 2.75) is 176 Å². The topological polar surface area (TPSA) is 186 Å². The van der Waals surface area contributed by atoms with E-state index in [1.807, 2.05) is 55.4 Å². The lowest BCUT2D eigenvalue weighted by molar-refractivity contribution is -0.182. The first kappa shape index (κ1) is 54.3. The van der Waals surface area contributed by atoms with Gasteiger partial charge in [-0.05, 0) is 95.0 Å². The van der Waals surface area contributed by atoms with Gasteiger partial charge >= 0.3 is 23.9 Å². The van der Waals surface area contributed by atoms with Gasteiger partial charge in [-0.25, -0.2) is 19.2 Å².